The van der Waals surface area contributed by atoms with Crippen LogP contribution in [-0.2, 0) is 20.7 Å². The molecule has 0 saturated heterocycles. The van der Waals surface area contributed by atoms with Gasteiger partial charge in [0.1, 0.15) is 12.4 Å². The predicted octanol–water partition coefficient (Wildman–Crippen LogP) is 3.07. The first-order chi connectivity index (χ1) is 12.6. The summed E-state index contributed by atoms with van der Waals surface area (Å²) in [6.45, 7) is 0.490. The van der Waals surface area contributed by atoms with E-state index < -0.39 is 6.09 Å². The third kappa shape index (κ3) is 6.10. The van der Waals surface area contributed by atoms with Crippen molar-refractivity contribution in [2.24, 2.45) is 0 Å². The van der Waals surface area contributed by atoms with E-state index in [1.165, 1.54) is 7.11 Å². The third-order valence-electron chi connectivity index (χ3n) is 3.46. The Morgan fingerprint density at radius 3 is 2.38 bits per heavy atom. The molecule has 2 N–H and O–H groups in total. The molecule has 0 aliphatic rings. The van der Waals surface area contributed by atoms with Gasteiger partial charge in [0.25, 0.3) is 0 Å². The monoisotopic (exact) mass is 358 g/mol. The van der Waals surface area contributed by atoms with Gasteiger partial charge in [-0.15, -0.1) is 0 Å². The maximum Gasteiger partial charge on any atom is 0.411 e. The summed E-state index contributed by atoms with van der Waals surface area (Å²) in [4.78, 5) is 23.9. The Labute approximate surface area is 152 Å². The average molecular weight is 358 g/mol. The summed E-state index contributed by atoms with van der Waals surface area (Å²) in [5, 5.41) is 5.40. The minimum atomic E-state index is -0.584. The second-order valence-electron chi connectivity index (χ2n) is 5.37. The highest BCUT2D eigenvalue weighted by atomic mass is 16.6. The number of nitrogens with one attached hydrogen (secondary N) is 2. The van der Waals surface area contributed by atoms with Gasteiger partial charge in [-0.25, -0.2) is 4.79 Å². The number of hydrogen-bond acceptors (Lipinski definition) is 5. The van der Waals surface area contributed by atoms with Gasteiger partial charge in [0.2, 0.25) is 5.91 Å². The summed E-state index contributed by atoms with van der Waals surface area (Å²) < 4.78 is 15.0. The molecule has 7 nitrogen and oxygen atoms in total. The maximum atomic E-state index is 12.3. The molecule has 26 heavy (non-hydrogen) atoms. The predicted molar refractivity (Wildman–Crippen MR) is 98.6 cm³/mol. The molecule has 0 atom stereocenters. The number of para-hydroxylation sites is 1. The second kappa shape index (κ2) is 10.0. The molecule has 2 aromatic carbocycles. The van der Waals surface area contributed by atoms with Crippen LogP contribution in [0.5, 0.6) is 5.75 Å². The molecule has 2 rings (SSSR count). The summed E-state index contributed by atoms with van der Waals surface area (Å²) in [7, 11) is 3.09. The smallest absolute Gasteiger partial charge is 0.411 e. The van der Waals surface area contributed by atoms with E-state index in [-0.39, 0.29) is 18.9 Å². The van der Waals surface area contributed by atoms with E-state index in [9.17, 15) is 9.59 Å². The van der Waals surface area contributed by atoms with E-state index in [0.29, 0.717) is 23.7 Å². The van der Waals surface area contributed by atoms with E-state index in [1.807, 2.05) is 24.3 Å². The van der Waals surface area contributed by atoms with Crippen molar-refractivity contribution in [3.05, 3.63) is 54.1 Å². The highest BCUT2D eigenvalue weighted by Gasteiger charge is 2.09. The van der Waals surface area contributed by atoms with E-state index in [1.54, 1.807) is 31.4 Å². The molecule has 2 aromatic rings. The van der Waals surface area contributed by atoms with Crippen molar-refractivity contribution in [1.82, 2.24) is 0 Å². The zero-order valence-electron chi connectivity index (χ0n) is 14.8. The fraction of sp³-hybridized carbons (Fsp3) is 0.263. The Hall–Kier alpha value is -3.06. The van der Waals surface area contributed by atoms with Gasteiger partial charge in [-0.3, -0.25) is 10.1 Å². The van der Waals surface area contributed by atoms with Crippen LogP contribution in [0.4, 0.5) is 16.2 Å². The lowest BCUT2D eigenvalue weighted by Crippen LogP contribution is -2.17. The van der Waals surface area contributed by atoms with Gasteiger partial charge in [0, 0.05) is 24.0 Å². The molecule has 0 bridgehead atoms. The minimum Gasteiger partial charge on any atom is -0.496 e. The van der Waals surface area contributed by atoms with Crippen LogP contribution in [0.15, 0.2) is 48.5 Å². The second-order valence-corrected chi connectivity index (χ2v) is 5.37. The third-order valence-corrected chi connectivity index (χ3v) is 3.46. The molecule has 0 aliphatic carbocycles. The standard InChI is InChI=1S/C19H22N2O5/c1-24-10-11-26-19(23)21-16-8-5-7-15(13-16)20-18(22)12-14-6-3-4-9-17(14)25-2/h3-9,13H,10-12H2,1-2H3,(H,20,22)(H,21,23). The molecule has 0 spiro atoms. The largest absolute Gasteiger partial charge is 0.496 e. The van der Waals surface area contributed by atoms with Crippen molar-refractivity contribution in [3.63, 3.8) is 0 Å². The lowest BCUT2D eigenvalue weighted by atomic mass is 10.1. The molecule has 0 radical (unpaired) electrons. The van der Waals surface area contributed by atoms with Crippen LogP contribution in [0, 0.1) is 0 Å². The molecule has 0 heterocycles. The van der Waals surface area contributed by atoms with E-state index in [0.717, 1.165) is 5.56 Å². The maximum absolute atomic E-state index is 12.3. The van der Waals surface area contributed by atoms with Crippen LogP contribution in [0.3, 0.4) is 0 Å². The van der Waals surface area contributed by atoms with Gasteiger partial charge >= 0.3 is 6.09 Å². The molecule has 7 heteroatoms. The number of amides is 2. The molecule has 138 valence electrons. The SMILES string of the molecule is COCCOC(=O)Nc1cccc(NC(=O)Cc2ccccc2OC)c1. The van der Waals surface area contributed by atoms with Crippen molar-refractivity contribution in [1.29, 1.82) is 0 Å². The lowest BCUT2D eigenvalue weighted by molar-refractivity contribution is -0.115. The van der Waals surface area contributed by atoms with Gasteiger partial charge in [-0.1, -0.05) is 24.3 Å². The van der Waals surface area contributed by atoms with Gasteiger partial charge in [0.05, 0.1) is 20.1 Å². The van der Waals surface area contributed by atoms with Crippen LogP contribution >= 0.6 is 0 Å². The van der Waals surface area contributed by atoms with E-state index in [4.69, 9.17) is 14.2 Å². The van der Waals surface area contributed by atoms with Crippen LogP contribution in [0.25, 0.3) is 0 Å². The van der Waals surface area contributed by atoms with Crippen LogP contribution in [-0.4, -0.2) is 39.4 Å². The molecule has 0 saturated carbocycles. The number of hydrogen-bond donors (Lipinski definition) is 2. The van der Waals surface area contributed by atoms with Gasteiger partial charge < -0.3 is 19.5 Å². The summed E-state index contributed by atoms with van der Waals surface area (Å²) in [5.41, 5.74) is 1.88. The number of carbonyl (C=O) groups excluding carboxylic acids is 2. The zero-order valence-corrected chi connectivity index (χ0v) is 14.8. The number of anilines is 2. The molecule has 2 amide bonds. The quantitative estimate of drug-likeness (QED) is 0.708. The number of methoxy groups -OCH3 is 2. The molecular formula is C19H22N2O5. The zero-order chi connectivity index (χ0) is 18.8. The van der Waals surface area contributed by atoms with Crippen LogP contribution < -0.4 is 15.4 Å². The van der Waals surface area contributed by atoms with Gasteiger partial charge in [0.15, 0.2) is 0 Å². The lowest BCUT2D eigenvalue weighted by Gasteiger charge is -2.10. The highest BCUT2D eigenvalue weighted by molar-refractivity contribution is 5.94. The molecule has 0 fully saturated rings. The Morgan fingerprint density at radius 1 is 0.923 bits per heavy atom. The Kier molecular flexibility index (Phi) is 7.45. The van der Waals surface area contributed by atoms with Crippen molar-refractivity contribution in [3.8, 4) is 5.75 Å². The first kappa shape index (κ1) is 19.3. The Bertz CT molecular complexity index is 748. The van der Waals surface area contributed by atoms with E-state index >= 15 is 0 Å². The van der Waals surface area contributed by atoms with Gasteiger partial charge in [-0.2, -0.15) is 0 Å². The Morgan fingerprint density at radius 2 is 1.65 bits per heavy atom. The molecule has 0 aliphatic heterocycles. The first-order valence-corrected chi connectivity index (χ1v) is 8.07. The van der Waals surface area contributed by atoms with Crippen LogP contribution in [0.1, 0.15) is 5.56 Å². The van der Waals surface area contributed by atoms with Crippen LogP contribution in [0.2, 0.25) is 0 Å². The molecule has 0 unspecified atom stereocenters. The fourth-order valence-corrected chi connectivity index (χ4v) is 2.27. The van der Waals surface area contributed by atoms with Crippen molar-refractivity contribution < 1.29 is 23.8 Å². The molecular weight excluding hydrogens is 336 g/mol. The van der Waals surface area contributed by atoms with E-state index in [2.05, 4.69) is 10.6 Å². The van der Waals surface area contributed by atoms with Crippen molar-refractivity contribution in [2.45, 2.75) is 6.42 Å². The normalized spacial score (nSPS) is 10.1. The highest BCUT2D eigenvalue weighted by Crippen LogP contribution is 2.19. The summed E-state index contributed by atoms with van der Waals surface area (Å²) in [5.74, 6) is 0.478. The summed E-state index contributed by atoms with van der Waals surface area (Å²) in [6, 6.07) is 14.2. The number of carbonyl (C=O) groups is 2. The average Bonchev–Trinajstić information content (AvgIpc) is 2.62. The van der Waals surface area contributed by atoms with Gasteiger partial charge in [-0.05, 0) is 24.3 Å². The van der Waals surface area contributed by atoms with Crippen molar-refractivity contribution in [2.75, 3.05) is 38.1 Å². The minimum absolute atomic E-state index is 0.164. The number of ether oxygens (including phenoxy) is 3. The summed E-state index contributed by atoms with van der Waals surface area (Å²) in [6.07, 6.45) is -0.402. The number of rotatable bonds is 8. The molecule has 0 aromatic heterocycles. The summed E-state index contributed by atoms with van der Waals surface area (Å²) >= 11 is 0. The topological polar surface area (TPSA) is 85.9 Å². The Balaban J connectivity index is 1.93. The number of benzene rings is 2. The first-order valence-electron chi connectivity index (χ1n) is 8.07. The fourth-order valence-electron chi connectivity index (χ4n) is 2.27. The van der Waals surface area contributed by atoms with Crippen molar-refractivity contribution >= 4 is 23.4 Å².